The molecule has 0 aliphatic rings. The summed E-state index contributed by atoms with van der Waals surface area (Å²) in [7, 11) is 1.83. The van der Waals surface area contributed by atoms with Crippen molar-refractivity contribution in [2.75, 3.05) is 7.05 Å². The molecule has 0 aliphatic heterocycles. The molecule has 1 heterocycles. The molecule has 1 aromatic carbocycles. The van der Waals surface area contributed by atoms with Gasteiger partial charge in [0.15, 0.2) is 0 Å². The number of nitrogens with two attached hydrogens (primary N) is 1. The number of fused-ring (bicyclic) bond motifs is 1. The summed E-state index contributed by atoms with van der Waals surface area (Å²) in [5, 5.41) is 4.05. The van der Waals surface area contributed by atoms with Crippen molar-refractivity contribution in [1.82, 2.24) is 5.32 Å². The van der Waals surface area contributed by atoms with E-state index in [1.165, 1.54) is 0 Å². The third kappa shape index (κ3) is 1.32. The number of hydrogen-bond donors (Lipinski definition) is 2. The molecule has 1 aromatic heterocycles. The Balaban J connectivity index is 2.57. The lowest BCUT2D eigenvalue weighted by Crippen LogP contribution is -2.24. The van der Waals surface area contributed by atoms with Crippen molar-refractivity contribution in [2.45, 2.75) is 6.17 Å². The summed E-state index contributed by atoms with van der Waals surface area (Å²) in [6.45, 7) is 0. The minimum Gasteiger partial charge on any atom is -0.464 e. The minimum atomic E-state index is -0.163. The maximum atomic E-state index is 5.83. The van der Waals surface area contributed by atoms with E-state index >= 15 is 0 Å². The van der Waals surface area contributed by atoms with Crippen molar-refractivity contribution in [3.05, 3.63) is 36.1 Å². The first kappa shape index (κ1) is 8.29. The van der Waals surface area contributed by atoms with Crippen LogP contribution in [0.3, 0.4) is 0 Å². The number of benzene rings is 1. The van der Waals surface area contributed by atoms with Crippen LogP contribution < -0.4 is 11.1 Å². The van der Waals surface area contributed by atoms with E-state index in [0.29, 0.717) is 0 Å². The fourth-order valence-corrected chi connectivity index (χ4v) is 1.39. The van der Waals surface area contributed by atoms with Gasteiger partial charge in [-0.15, -0.1) is 0 Å². The molecular formula is C10H12N2O. The molecule has 3 N–H and O–H groups in total. The predicted molar refractivity (Wildman–Crippen MR) is 52.2 cm³/mol. The molecule has 2 aromatic rings. The SMILES string of the molecule is CNC(N)c1coc2ccccc12. The zero-order valence-electron chi connectivity index (χ0n) is 7.45. The zero-order chi connectivity index (χ0) is 9.26. The number of para-hydroxylation sites is 1. The molecule has 0 fully saturated rings. The second-order valence-corrected chi connectivity index (χ2v) is 2.95. The van der Waals surface area contributed by atoms with Crippen LogP contribution in [0.15, 0.2) is 34.9 Å². The van der Waals surface area contributed by atoms with E-state index in [-0.39, 0.29) is 6.17 Å². The maximum Gasteiger partial charge on any atom is 0.134 e. The lowest BCUT2D eigenvalue weighted by Gasteiger charge is -2.06. The number of rotatable bonds is 2. The first-order chi connectivity index (χ1) is 6.33. The molecule has 0 radical (unpaired) electrons. The van der Waals surface area contributed by atoms with Crippen LogP contribution in [-0.2, 0) is 0 Å². The van der Waals surface area contributed by atoms with E-state index in [1.54, 1.807) is 6.26 Å². The highest BCUT2D eigenvalue weighted by Crippen LogP contribution is 2.23. The van der Waals surface area contributed by atoms with Crippen LogP contribution in [0.4, 0.5) is 0 Å². The monoisotopic (exact) mass is 176 g/mol. The van der Waals surface area contributed by atoms with Gasteiger partial charge < -0.3 is 15.5 Å². The molecule has 0 spiro atoms. The second kappa shape index (κ2) is 3.20. The summed E-state index contributed by atoms with van der Waals surface area (Å²) in [6, 6.07) is 7.86. The summed E-state index contributed by atoms with van der Waals surface area (Å²) >= 11 is 0. The lowest BCUT2D eigenvalue weighted by molar-refractivity contribution is 0.578. The van der Waals surface area contributed by atoms with Crippen molar-refractivity contribution in [3.63, 3.8) is 0 Å². The van der Waals surface area contributed by atoms with Gasteiger partial charge in [0, 0.05) is 10.9 Å². The molecule has 3 nitrogen and oxygen atoms in total. The van der Waals surface area contributed by atoms with Crippen molar-refractivity contribution in [1.29, 1.82) is 0 Å². The standard InChI is InChI=1S/C10H12N2O/c1-12-10(11)8-6-13-9-5-3-2-4-7(8)9/h2-6,10,12H,11H2,1H3. The van der Waals surface area contributed by atoms with Crippen LogP contribution in [0.2, 0.25) is 0 Å². The molecule has 68 valence electrons. The third-order valence-corrected chi connectivity index (χ3v) is 2.16. The van der Waals surface area contributed by atoms with Gasteiger partial charge in [0.05, 0.1) is 12.4 Å². The average molecular weight is 176 g/mol. The van der Waals surface area contributed by atoms with Crippen LogP contribution in [0.5, 0.6) is 0 Å². The molecule has 0 saturated heterocycles. The van der Waals surface area contributed by atoms with Crippen LogP contribution in [0, 0.1) is 0 Å². The Kier molecular flexibility index (Phi) is 2.04. The van der Waals surface area contributed by atoms with Gasteiger partial charge in [-0.05, 0) is 13.1 Å². The largest absolute Gasteiger partial charge is 0.464 e. The zero-order valence-corrected chi connectivity index (χ0v) is 7.45. The Morgan fingerprint density at radius 2 is 2.15 bits per heavy atom. The summed E-state index contributed by atoms with van der Waals surface area (Å²) in [6.07, 6.45) is 1.54. The highest BCUT2D eigenvalue weighted by Gasteiger charge is 2.10. The quantitative estimate of drug-likeness (QED) is 0.683. The predicted octanol–water partition coefficient (Wildman–Crippen LogP) is 1.61. The molecule has 0 saturated carbocycles. The summed E-state index contributed by atoms with van der Waals surface area (Å²) in [4.78, 5) is 0. The Hall–Kier alpha value is -1.32. The second-order valence-electron chi connectivity index (χ2n) is 2.95. The highest BCUT2D eigenvalue weighted by atomic mass is 16.3. The molecule has 1 atom stereocenters. The Labute approximate surface area is 76.5 Å². The summed E-state index contributed by atoms with van der Waals surface area (Å²) in [5.41, 5.74) is 7.71. The van der Waals surface area contributed by atoms with Gasteiger partial charge in [-0.3, -0.25) is 0 Å². The molecule has 3 heteroatoms. The van der Waals surface area contributed by atoms with Crippen LogP contribution in [0.25, 0.3) is 11.0 Å². The fraction of sp³-hybridized carbons (Fsp3) is 0.200. The maximum absolute atomic E-state index is 5.83. The minimum absolute atomic E-state index is 0.163. The highest BCUT2D eigenvalue weighted by molar-refractivity contribution is 5.81. The molecular weight excluding hydrogens is 164 g/mol. The van der Waals surface area contributed by atoms with Crippen LogP contribution in [0.1, 0.15) is 11.7 Å². The smallest absolute Gasteiger partial charge is 0.134 e. The van der Waals surface area contributed by atoms with Crippen molar-refractivity contribution < 1.29 is 4.42 Å². The van der Waals surface area contributed by atoms with E-state index < -0.39 is 0 Å². The van der Waals surface area contributed by atoms with E-state index in [2.05, 4.69) is 5.32 Å². The molecule has 0 bridgehead atoms. The number of hydrogen-bond acceptors (Lipinski definition) is 3. The molecule has 0 amide bonds. The van der Waals surface area contributed by atoms with Gasteiger partial charge in [-0.2, -0.15) is 0 Å². The Morgan fingerprint density at radius 3 is 2.92 bits per heavy atom. The number of nitrogens with one attached hydrogen (secondary N) is 1. The van der Waals surface area contributed by atoms with E-state index in [9.17, 15) is 0 Å². The van der Waals surface area contributed by atoms with E-state index in [4.69, 9.17) is 10.2 Å². The molecule has 2 rings (SSSR count). The van der Waals surface area contributed by atoms with Gasteiger partial charge in [0.25, 0.3) is 0 Å². The first-order valence-corrected chi connectivity index (χ1v) is 4.22. The van der Waals surface area contributed by atoms with Gasteiger partial charge in [-0.1, -0.05) is 18.2 Å². The fourth-order valence-electron chi connectivity index (χ4n) is 1.39. The van der Waals surface area contributed by atoms with Gasteiger partial charge in [0.2, 0.25) is 0 Å². The molecule has 0 aliphatic carbocycles. The Bertz CT molecular complexity index is 408. The van der Waals surface area contributed by atoms with E-state index in [0.717, 1.165) is 16.5 Å². The third-order valence-electron chi connectivity index (χ3n) is 2.16. The van der Waals surface area contributed by atoms with E-state index in [1.807, 2.05) is 31.3 Å². The number of furan rings is 1. The topological polar surface area (TPSA) is 51.2 Å². The van der Waals surface area contributed by atoms with Gasteiger partial charge in [-0.25, -0.2) is 0 Å². The average Bonchev–Trinajstić information content (AvgIpc) is 2.60. The van der Waals surface area contributed by atoms with Gasteiger partial charge >= 0.3 is 0 Å². The summed E-state index contributed by atoms with van der Waals surface area (Å²) in [5.74, 6) is 0. The van der Waals surface area contributed by atoms with Crippen LogP contribution >= 0.6 is 0 Å². The first-order valence-electron chi connectivity index (χ1n) is 4.22. The van der Waals surface area contributed by atoms with Crippen LogP contribution in [-0.4, -0.2) is 7.05 Å². The van der Waals surface area contributed by atoms with Gasteiger partial charge in [0.1, 0.15) is 5.58 Å². The normalized spacial score (nSPS) is 13.4. The lowest BCUT2D eigenvalue weighted by atomic mass is 10.1. The summed E-state index contributed by atoms with van der Waals surface area (Å²) < 4.78 is 5.35. The molecule has 13 heavy (non-hydrogen) atoms. The molecule has 1 unspecified atom stereocenters. The Morgan fingerprint density at radius 1 is 1.38 bits per heavy atom. The van der Waals surface area contributed by atoms with Crippen molar-refractivity contribution >= 4 is 11.0 Å². The van der Waals surface area contributed by atoms with Crippen molar-refractivity contribution in [3.8, 4) is 0 Å². The van der Waals surface area contributed by atoms with Crippen molar-refractivity contribution in [2.24, 2.45) is 5.73 Å².